The number of piperidine rings is 1. The van der Waals surface area contributed by atoms with E-state index in [-0.39, 0.29) is 93.2 Å². The van der Waals surface area contributed by atoms with Crippen LogP contribution in [0.25, 0.3) is 6.08 Å². The van der Waals surface area contributed by atoms with Crippen LogP contribution in [0.1, 0.15) is 112 Å². The van der Waals surface area contributed by atoms with Crippen LogP contribution in [-0.4, -0.2) is 347 Å². The van der Waals surface area contributed by atoms with Gasteiger partial charge in [0.1, 0.15) is 48.4 Å². The Morgan fingerprint density at radius 3 is 1.71 bits per heavy atom. The van der Waals surface area contributed by atoms with Crippen LogP contribution in [0, 0.1) is 5.92 Å². The zero-order chi connectivity index (χ0) is 90.9. The highest BCUT2D eigenvalue weighted by Gasteiger charge is 2.48. The monoisotopic (exact) mass is 1780 g/mol. The van der Waals surface area contributed by atoms with Gasteiger partial charge in [0.15, 0.2) is 6.10 Å². The van der Waals surface area contributed by atoms with Crippen LogP contribution in [-0.2, 0) is 127 Å². The number of carboxylic acids is 1. The molecule has 9 amide bonds. The van der Waals surface area contributed by atoms with E-state index in [1.807, 2.05) is 6.07 Å². The van der Waals surface area contributed by atoms with E-state index in [1.165, 1.54) is 24.3 Å². The van der Waals surface area contributed by atoms with Crippen LogP contribution < -0.4 is 36.6 Å². The molecule has 702 valence electrons. The van der Waals surface area contributed by atoms with Gasteiger partial charge in [-0.05, 0) is 118 Å². The largest absolute Gasteiger partial charge is 0.479 e. The Kier molecular flexibility index (Phi) is 51.5. The summed E-state index contributed by atoms with van der Waals surface area (Å²) >= 11 is 0. The number of pyridine rings is 1. The van der Waals surface area contributed by atoms with Crippen molar-refractivity contribution in [2.75, 3.05) is 204 Å². The Bertz CT molecular complexity index is 3790. The molecule has 4 heterocycles. The van der Waals surface area contributed by atoms with E-state index >= 15 is 0 Å². The van der Waals surface area contributed by atoms with Gasteiger partial charge < -0.3 is 133 Å². The van der Waals surface area contributed by atoms with Crippen molar-refractivity contribution in [1.29, 1.82) is 0 Å². The number of hydrogen-bond donors (Lipinski definition) is 10. The lowest BCUT2D eigenvalue weighted by molar-refractivity contribution is -0.271. The fourth-order valence-corrected chi connectivity index (χ4v) is 12.5. The first-order chi connectivity index (χ1) is 60.9. The van der Waals surface area contributed by atoms with Gasteiger partial charge in [-0.25, -0.2) is 9.59 Å². The number of benzene rings is 2. The maximum atomic E-state index is 14.2. The van der Waals surface area contributed by atoms with E-state index in [1.54, 1.807) is 81.6 Å². The number of aliphatic hydroxyl groups is 3. The number of aromatic nitrogens is 1. The second-order valence-electron chi connectivity index (χ2n) is 30.1. The minimum Gasteiger partial charge on any atom is -0.479 e. The highest BCUT2D eigenvalue weighted by atomic mass is 16.7. The molecule has 0 aliphatic carbocycles. The molecule has 40 heteroatoms. The number of amides is 9. The molecular weight excluding hydrogens is 1650 g/mol. The van der Waals surface area contributed by atoms with Gasteiger partial charge in [0.05, 0.1) is 171 Å². The van der Waals surface area contributed by atoms with Crippen molar-refractivity contribution in [2.24, 2.45) is 5.92 Å². The Balaban J connectivity index is 0.907. The molecule has 7 atom stereocenters. The normalized spacial score (nSPS) is 17.1. The van der Waals surface area contributed by atoms with E-state index in [4.69, 9.17) is 75.8 Å². The molecule has 6 rings (SSSR count). The first-order valence-electron chi connectivity index (χ1n) is 42.5. The highest BCUT2D eigenvalue weighted by Crippen LogP contribution is 2.32. The summed E-state index contributed by atoms with van der Waals surface area (Å²) in [6.45, 7) is 14.4. The highest BCUT2D eigenvalue weighted by molar-refractivity contribution is 6.15. The summed E-state index contributed by atoms with van der Waals surface area (Å²) < 4.78 is 87.5. The van der Waals surface area contributed by atoms with Crippen molar-refractivity contribution >= 4 is 77.1 Å². The third-order valence-corrected chi connectivity index (χ3v) is 19.1. The Hall–Kier alpha value is -9.60. The van der Waals surface area contributed by atoms with Crippen molar-refractivity contribution < 1.29 is 149 Å². The van der Waals surface area contributed by atoms with Crippen molar-refractivity contribution in [3.05, 3.63) is 107 Å². The van der Waals surface area contributed by atoms with Gasteiger partial charge in [-0.2, -0.15) is 0 Å². The maximum Gasteiger partial charge on any atom is 0.407 e. The summed E-state index contributed by atoms with van der Waals surface area (Å²) in [7, 11) is 1.62. The number of esters is 1. The quantitative estimate of drug-likeness (QED) is 0.0166. The number of aliphatic carboxylic acids is 1. The predicted octanol–water partition coefficient (Wildman–Crippen LogP) is 1.74. The summed E-state index contributed by atoms with van der Waals surface area (Å²) in [6.07, 6.45) is 1.20. The zero-order valence-corrected chi connectivity index (χ0v) is 72.4. The predicted molar refractivity (Wildman–Crippen MR) is 450 cm³/mol. The minimum absolute atomic E-state index is 0.0112. The van der Waals surface area contributed by atoms with Gasteiger partial charge >= 0.3 is 18.0 Å². The fourth-order valence-electron chi connectivity index (χ4n) is 12.5. The summed E-state index contributed by atoms with van der Waals surface area (Å²) in [6, 6.07) is 11.2. The van der Waals surface area contributed by atoms with Gasteiger partial charge in [0, 0.05) is 88.9 Å². The second kappa shape index (κ2) is 61.7. The molecule has 3 aromatic rings. The number of nitrogens with zero attached hydrogens (tertiary/aromatic N) is 3. The lowest BCUT2D eigenvalue weighted by Gasteiger charge is -2.38. The van der Waals surface area contributed by atoms with Crippen molar-refractivity contribution in [3.63, 3.8) is 0 Å². The SMILES string of the molecule is COCCOCCOCCOCCOCCOCCOCCOCCOCCOCCOCCOCCC(=O)NCCCC[C@H](NC(=O)[C@H](CNC(=O)OC(C)(C)C)N1C(=O)C=CC1=O)C(=O)NCCC(=O)Nc1cc(COC(=O)Cc2cccc(C(=O)N3CCC(CCCCNC(=O)/C=C/c4cccnc4)CC3)c2)ccc1O[C@@H]1O[C@H](C(=O)O)[C@@H](O)[C@H](O)[C@H]1O. The Morgan fingerprint density at radius 2 is 1.15 bits per heavy atom. The molecule has 3 aliphatic rings. The maximum absolute atomic E-state index is 14.2. The average Bonchev–Trinajstić information content (AvgIpc) is 0.977. The summed E-state index contributed by atoms with van der Waals surface area (Å²) in [5, 5.41) is 57.5. The number of rotatable bonds is 66. The number of carbonyl (C=O) groups excluding carboxylic acids is 10. The summed E-state index contributed by atoms with van der Waals surface area (Å²) in [5.41, 5.74) is 0.812. The average molecular weight is 1780 g/mol. The fraction of sp³-hybridized carbons (Fsp3) is 0.628. The molecular formula is C86H127N9O31. The third kappa shape index (κ3) is 43.7. The number of aliphatic hydroxyl groups excluding tert-OH is 3. The van der Waals surface area contributed by atoms with E-state index in [0.717, 1.165) is 49.8 Å². The molecule has 40 nitrogen and oxygen atoms in total. The zero-order valence-electron chi connectivity index (χ0n) is 72.4. The number of nitrogens with one attached hydrogen (secondary N) is 6. The molecule has 0 spiro atoms. The lowest BCUT2D eigenvalue weighted by atomic mass is 9.91. The molecule has 0 bridgehead atoms. The molecule has 0 saturated carbocycles. The van der Waals surface area contributed by atoms with Gasteiger partial charge in [0.2, 0.25) is 35.8 Å². The molecule has 1 aromatic heterocycles. The Morgan fingerprint density at radius 1 is 0.587 bits per heavy atom. The molecule has 0 radical (unpaired) electrons. The van der Waals surface area contributed by atoms with Crippen LogP contribution >= 0.6 is 0 Å². The molecule has 2 fully saturated rings. The number of likely N-dealkylation sites (tertiary alicyclic amines) is 1. The number of imide groups is 1. The number of hydrogen-bond acceptors (Lipinski definition) is 31. The van der Waals surface area contributed by atoms with Gasteiger partial charge in [0.25, 0.3) is 17.7 Å². The van der Waals surface area contributed by atoms with Crippen molar-refractivity contribution in [2.45, 2.75) is 146 Å². The standard InChI is InChI=1S/C86H127N9O31/c1-86(2,3)126-85(110)91-59-68(95-73(99)20-21-74(95)100)81(106)93-66(15-6-8-28-89-71(97)25-32-112-35-36-114-39-40-116-43-44-118-47-48-120-51-52-122-54-53-121-50-49-119-46-45-117-42-41-115-38-37-113-34-33-111-4)80(105)90-29-22-72(98)92-67-56-64(16-18-69(67)124-84-78(104)76(102)77(103)79(125-84)83(108)109)60-123-75(101)57-63-12-9-14-65(55-63)82(107)94-30-23-61(24-31-94)11-5-7-27-88-70(96)19-17-62-13-10-26-87-58-62/h9-10,12-14,16-21,26,55-56,58,61,66,68,76-79,84,102-104H,5-8,11,15,22-25,27-54,57,59-60H2,1-4H3,(H,88,96)(H,89,97)(H,90,105)(H,91,110)(H,92,98)(H,93,106)(H,108,109)/b19-17+/t66-,68-,76-,77-,78+,79-,84+/m0/s1. The van der Waals surface area contributed by atoms with Crippen LogP contribution in [0.3, 0.4) is 0 Å². The molecule has 0 unspecified atom stereocenters. The summed E-state index contributed by atoms with van der Waals surface area (Å²) in [4.78, 5) is 152. The first kappa shape index (κ1) is 105. The minimum atomic E-state index is -2.07. The van der Waals surface area contributed by atoms with Gasteiger partial charge in [-0.3, -0.25) is 53.0 Å². The van der Waals surface area contributed by atoms with E-state index < -0.39 is 122 Å². The number of methoxy groups -OCH3 is 1. The number of alkyl carbamates (subject to hydrolysis) is 1. The number of carbonyl (C=O) groups is 11. The smallest absolute Gasteiger partial charge is 0.407 e. The third-order valence-electron chi connectivity index (χ3n) is 19.1. The molecule has 126 heavy (non-hydrogen) atoms. The van der Waals surface area contributed by atoms with Crippen LogP contribution in [0.4, 0.5) is 10.5 Å². The number of anilines is 1. The second-order valence-corrected chi connectivity index (χ2v) is 30.1. The van der Waals surface area contributed by atoms with Gasteiger partial charge in [-0.1, -0.05) is 37.1 Å². The number of unbranched alkanes of at least 4 members (excludes halogenated alkanes) is 2. The first-order valence-corrected chi connectivity index (χ1v) is 42.5. The molecule has 3 aliphatic heterocycles. The lowest BCUT2D eigenvalue weighted by Crippen LogP contribution is -2.61. The van der Waals surface area contributed by atoms with Crippen LogP contribution in [0.2, 0.25) is 0 Å². The van der Waals surface area contributed by atoms with Crippen LogP contribution in [0.5, 0.6) is 5.75 Å². The van der Waals surface area contributed by atoms with E-state index in [9.17, 15) is 73.2 Å². The molecule has 2 saturated heterocycles. The van der Waals surface area contributed by atoms with E-state index in [2.05, 4.69) is 36.9 Å². The van der Waals surface area contributed by atoms with E-state index in [0.29, 0.717) is 174 Å². The summed E-state index contributed by atoms with van der Waals surface area (Å²) in [5.74, 6) is -7.39. The number of ether oxygens (including phenoxy) is 16. The molecule has 10 N–H and O–H groups in total. The van der Waals surface area contributed by atoms with Crippen molar-refractivity contribution in [3.8, 4) is 5.75 Å². The number of carboxylic acid groups (broad SMARTS) is 1. The molecule has 2 aromatic carbocycles. The van der Waals surface area contributed by atoms with Crippen LogP contribution in [0.15, 0.2) is 85.2 Å². The Labute approximate surface area is 733 Å². The van der Waals surface area contributed by atoms with Gasteiger partial charge in [-0.15, -0.1) is 0 Å². The van der Waals surface area contributed by atoms with Crippen molar-refractivity contribution in [1.82, 2.24) is 41.4 Å². The topological polar surface area (TPSA) is 508 Å².